The van der Waals surface area contributed by atoms with Crippen LogP contribution in [0.3, 0.4) is 0 Å². The van der Waals surface area contributed by atoms with Crippen molar-refractivity contribution in [1.29, 1.82) is 0 Å². The minimum atomic E-state index is -0.161. The van der Waals surface area contributed by atoms with Gasteiger partial charge in [0.15, 0.2) is 5.78 Å². The van der Waals surface area contributed by atoms with Gasteiger partial charge in [-0.25, -0.2) is 4.39 Å². The van der Waals surface area contributed by atoms with Crippen LogP contribution in [-0.4, -0.2) is 36.9 Å². The molecule has 0 saturated carbocycles. The monoisotopic (exact) mass is 260 g/mol. The number of anilines is 1. The van der Waals surface area contributed by atoms with Crippen molar-refractivity contribution < 1.29 is 9.18 Å². The van der Waals surface area contributed by atoms with Crippen LogP contribution in [0.1, 0.15) is 12.8 Å². The van der Waals surface area contributed by atoms with E-state index in [0.29, 0.717) is 12.1 Å². The predicted molar refractivity (Wildman–Crippen MR) is 72.5 cm³/mol. The Morgan fingerprint density at radius 1 is 0.947 bits per heavy atom. The molecule has 1 saturated heterocycles. The Labute approximate surface area is 112 Å². The number of nitrogens with zero attached hydrogens (tertiary/aromatic N) is 2. The molecule has 3 rings (SSSR count). The summed E-state index contributed by atoms with van der Waals surface area (Å²) in [4.78, 5) is 15.6. The molecule has 3 nitrogen and oxygen atoms in total. The van der Waals surface area contributed by atoms with Gasteiger partial charge in [0.25, 0.3) is 0 Å². The highest BCUT2D eigenvalue weighted by Gasteiger charge is 2.23. The van der Waals surface area contributed by atoms with Crippen molar-refractivity contribution in [3.8, 4) is 0 Å². The van der Waals surface area contributed by atoms with E-state index in [1.54, 1.807) is 12.1 Å². The van der Waals surface area contributed by atoms with E-state index in [1.807, 2.05) is 12.1 Å². The molecular formula is C15H17FN2O. The van der Waals surface area contributed by atoms with Crippen molar-refractivity contribution in [2.75, 3.05) is 31.1 Å². The number of piperazine rings is 1. The standard InChI is InChI=1S/C15H17FN2O/c16-14-3-1-2-4-15(14)18-9-7-17(8-10-18)12-5-6-13(19)11-12/h1-4,11H,5-10H2. The molecule has 0 amide bonds. The zero-order valence-corrected chi connectivity index (χ0v) is 10.8. The number of ketones is 1. The molecule has 1 aromatic carbocycles. The number of benzene rings is 1. The van der Waals surface area contributed by atoms with Gasteiger partial charge in [0.05, 0.1) is 5.69 Å². The molecule has 0 atom stereocenters. The highest BCUT2D eigenvalue weighted by molar-refractivity contribution is 5.92. The summed E-state index contributed by atoms with van der Waals surface area (Å²) >= 11 is 0. The van der Waals surface area contributed by atoms with E-state index < -0.39 is 0 Å². The fourth-order valence-electron chi connectivity index (χ4n) is 2.77. The third-order valence-corrected chi connectivity index (χ3v) is 3.83. The number of carbonyl (C=O) groups excluding carboxylic acids is 1. The zero-order valence-electron chi connectivity index (χ0n) is 10.8. The van der Waals surface area contributed by atoms with Gasteiger partial charge in [-0.2, -0.15) is 0 Å². The third-order valence-electron chi connectivity index (χ3n) is 3.83. The first-order valence-corrected chi connectivity index (χ1v) is 6.72. The van der Waals surface area contributed by atoms with E-state index in [9.17, 15) is 9.18 Å². The SMILES string of the molecule is O=C1C=C(N2CCN(c3ccccc3F)CC2)CC1. The van der Waals surface area contributed by atoms with E-state index >= 15 is 0 Å². The molecule has 0 radical (unpaired) electrons. The Morgan fingerprint density at radius 3 is 2.26 bits per heavy atom. The maximum absolute atomic E-state index is 13.7. The van der Waals surface area contributed by atoms with Crippen LogP contribution in [0, 0.1) is 5.82 Å². The molecule has 0 spiro atoms. The van der Waals surface area contributed by atoms with Crippen LogP contribution in [0.4, 0.5) is 10.1 Å². The second-order valence-corrected chi connectivity index (χ2v) is 5.03. The fraction of sp³-hybridized carbons (Fsp3) is 0.400. The molecule has 4 heteroatoms. The van der Waals surface area contributed by atoms with Crippen LogP contribution in [0.2, 0.25) is 0 Å². The Bertz CT molecular complexity index is 519. The van der Waals surface area contributed by atoms with Crippen molar-refractivity contribution in [3.63, 3.8) is 0 Å². The topological polar surface area (TPSA) is 23.6 Å². The largest absolute Gasteiger partial charge is 0.371 e. The summed E-state index contributed by atoms with van der Waals surface area (Å²) in [5, 5.41) is 0. The fourth-order valence-corrected chi connectivity index (χ4v) is 2.77. The average Bonchev–Trinajstić information content (AvgIpc) is 2.86. The lowest BCUT2D eigenvalue weighted by molar-refractivity contribution is -0.114. The molecule has 1 aromatic rings. The summed E-state index contributed by atoms with van der Waals surface area (Å²) in [6.45, 7) is 3.31. The number of para-hydroxylation sites is 1. The molecule has 2 aliphatic rings. The Hall–Kier alpha value is -1.84. The van der Waals surface area contributed by atoms with Crippen molar-refractivity contribution in [2.45, 2.75) is 12.8 Å². The van der Waals surface area contributed by atoms with E-state index in [1.165, 1.54) is 6.07 Å². The number of carbonyl (C=O) groups is 1. The smallest absolute Gasteiger partial charge is 0.157 e. The first kappa shape index (κ1) is 12.2. The minimum absolute atomic E-state index is 0.161. The molecule has 0 unspecified atom stereocenters. The van der Waals surface area contributed by atoms with Crippen molar-refractivity contribution in [3.05, 3.63) is 41.9 Å². The highest BCUT2D eigenvalue weighted by atomic mass is 19.1. The van der Waals surface area contributed by atoms with E-state index in [4.69, 9.17) is 0 Å². The second-order valence-electron chi connectivity index (χ2n) is 5.03. The van der Waals surface area contributed by atoms with Crippen LogP contribution in [0.25, 0.3) is 0 Å². The second kappa shape index (κ2) is 5.03. The van der Waals surface area contributed by atoms with Crippen LogP contribution >= 0.6 is 0 Å². The van der Waals surface area contributed by atoms with Gasteiger partial charge in [-0.15, -0.1) is 0 Å². The summed E-state index contributed by atoms with van der Waals surface area (Å²) < 4.78 is 13.7. The molecule has 0 N–H and O–H groups in total. The summed E-state index contributed by atoms with van der Waals surface area (Å²) in [5.41, 5.74) is 1.83. The molecule has 1 aliphatic carbocycles. The molecule has 0 aromatic heterocycles. The molecule has 0 bridgehead atoms. The van der Waals surface area contributed by atoms with Gasteiger partial charge in [-0.1, -0.05) is 12.1 Å². The van der Waals surface area contributed by atoms with Gasteiger partial charge in [0.2, 0.25) is 0 Å². The summed E-state index contributed by atoms with van der Waals surface area (Å²) in [7, 11) is 0. The normalized spacial score (nSPS) is 19.8. The molecular weight excluding hydrogens is 243 g/mol. The number of hydrogen-bond acceptors (Lipinski definition) is 3. The first-order valence-electron chi connectivity index (χ1n) is 6.72. The zero-order chi connectivity index (χ0) is 13.2. The first-order chi connectivity index (χ1) is 9.24. The van der Waals surface area contributed by atoms with Gasteiger partial charge >= 0.3 is 0 Å². The average molecular weight is 260 g/mol. The van der Waals surface area contributed by atoms with Gasteiger partial charge in [-0.05, 0) is 18.6 Å². The maximum atomic E-state index is 13.7. The van der Waals surface area contributed by atoms with E-state index in [2.05, 4.69) is 9.80 Å². The maximum Gasteiger partial charge on any atom is 0.157 e. The number of halogens is 1. The Morgan fingerprint density at radius 2 is 1.63 bits per heavy atom. The molecule has 1 heterocycles. The Balaban J connectivity index is 1.65. The minimum Gasteiger partial charge on any atom is -0.371 e. The van der Waals surface area contributed by atoms with E-state index in [0.717, 1.165) is 38.3 Å². The molecule has 1 fully saturated rings. The Kier molecular flexibility index (Phi) is 3.23. The number of allylic oxidation sites excluding steroid dienone is 2. The van der Waals surface area contributed by atoms with Gasteiger partial charge in [0, 0.05) is 44.4 Å². The molecule has 19 heavy (non-hydrogen) atoms. The van der Waals surface area contributed by atoms with Crippen LogP contribution in [0.5, 0.6) is 0 Å². The lowest BCUT2D eigenvalue weighted by atomic mass is 10.2. The van der Waals surface area contributed by atoms with Crippen LogP contribution < -0.4 is 4.90 Å². The number of rotatable bonds is 2. The lowest BCUT2D eigenvalue weighted by Gasteiger charge is -2.38. The van der Waals surface area contributed by atoms with Gasteiger partial charge < -0.3 is 9.80 Å². The summed E-state index contributed by atoms with van der Waals surface area (Å²) in [6.07, 6.45) is 3.26. The van der Waals surface area contributed by atoms with Gasteiger partial charge in [-0.3, -0.25) is 4.79 Å². The van der Waals surface area contributed by atoms with Crippen molar-refractivity contribution >= 4 is 11.5 Å². The summed E-state index contributed by atoms with van der Waals surface area (Å²) in [5.74, 6) is 0.0674. The lowest BCUT2D eigenvalue weighted by Crippen LogP contribution is -2.46. The quantitative estimate of drug-likeness (QED) is 0.814. The summed E-state index contributed by atoms with van der Waals surface area (Å²) in [6, 6.07) is 6.90. The van der Waals surface area contributed by atoms with E-state index in [-0.39, 0.29) is 11.6 Å². The predicted octanol–water partition coefficient (Wildman–Crippen LogP) is 2.19. The van der Waals surface area contributed by atoms with Crippen LogP contribution in [0.15, 0.2) is 36.0 Å². The molecule has 1 aliphatic heterocycles. The molecule has 100 valence electrons. The third kappa shape index (κ3) is 2.48. The van der Waals surface area contributed by atoms with Crippen molar-refractivity contribution in [1.82, 2.24) is 4.90 Å². The highest BCUT2D eigenvalue weighted by Crippen LogP contribution is 2.24. The van der Waals surface area contributed by atoms with Crippen LogP contribution in [-0.2, 0) is 4.79 Å². The number of hydrogen-bond donors (Lipinski definition) is 0. The van der Waals surface area contributed by atoms with Crippen molar-refractivity contribution in [2.24, 2.45) is 0 Å². The van der Waals surface area contributed by atoms with Gasteiger partial charge in [0.1, 0.15) is 5.82 Å².